The zero-order valence-electron chi connectivity index (χ0n) is 21.5. The maximum atomic E-state index is 13.9. The predicted octanol–water partition coefficient (Wildman–Crippen LogP) is 6.02. The highest BCUT2D eigenvalue weighted by Crippen LogP contribution is 2.33. The minimum Gasteiger partial charge on any atom is -0.268 e. The summed E-state index contributed by atoms with van der Waals surface area (Å²) in [5.74, 6) is 0.564. The van der Waals surface area contributed by atoms with Crippen LogP contribution >= 0.6 is 7.92 Å². The van der Waals surface area contributed by atoms with E-state index < -0.39 is 7.92 Å². The number of aryl methyl sites for hydroxylation is 1. The molecule has 0 saturated carbocycles. The van der Waals surface area contributed by atoms with Gasteiger partial charge in [0, 0.05) is 6.20 Å². The van der Waals surface area contributed by atoms with E-state index in [0.29, 0.717) is 16.7 Å². The molecule has 0 aliphatic heterocycles. The molecule has 0 saturated heterocycles. The summed E-state index contributed by atoms with van der Waals surface area (Å²) in [4.78, 5) is 23.1. The largest absolute Gasteiger partial charge is 0.268 e. The Morgan fingerprint density at radius 1 is 0.692 bits per heavy atom. The molecule has 188 valence electrons. The summed E-state index contributed by atoms with van der Waals surface area (Å²) >= 11 is 0. The van der Waals surface area contributed by atoms with Crippen LogP contribution in [0, 0.1) is 6.92 Å². The molecule has 0 aliphatic rings. The van der Waals surface area contributed by atoms with E-state index in [1.807, 2.05) is 54.6 Å². The second-order valence-corrected chi connectivity index (χ2v) is 11.4. The molecule has 2 aromatic heterocycles. The van der Waals surface area contributed by atoms with Crippen molar-refractivity contribution in [1.29, 1.82) is 0 Å². The van der Waals surface area contributed by atoms with Crippen LogP contribution in [0.15, 0.2) is 132 Å². The molecule has 0 aliphatic carbocycles. The molecule has 39 heavy (non-hydrogen) atoms. The van der Waals surface area contributed by atoms with Gasteiger partial charge >= 0.3 is 0 Å². The van der Waals surface area contributed by atoms with Crippen LogP contribution in [0.5, 0.6) is 0 Å². The summed E-state index contributed by atoms with van der Waals surface area (Å²) < 4.78 is 1.72. The van der Waals surface area contributed by atoms with Crippen LogP contribution < -0.4 is 21.5 Å². The van der Waals surface area contributed by atoms with Gasteiger partial charge in [-0.1, -0.05) is 84.9 Å². The van der Waals surface area contributed by atoms with Gasteiger partial charge in [0.1, 0.15) is 5.82 Å². The fourth-order valence-corrected chi connectivity index (χ4v) is 7.14. The van der Waals surface area contributed by atoms with Crippen LogP contribution in [0.4, 0.5) is 0 Å². The number of pyridine rings is 1. The normalized spacial score (nSPS) is 11.4. The number of aromatic nitrogens is 3. The Balaban J connectivity index is 1.51. The van der Waals surface area contributed by atoms with Crippen LogP contribution in [0.2, 0.25) is 0 Å². The summed E-state index contributed by atoms with van der Waals surface area (Å²) in [7, 11) is -0.749. The third-order valence-electron chi connectivity index (χ3n) is 6.60. The van der Waals surface area contributed by atoms with Gasteiger partial charge in [0.2, 0.25) is 0 Å². The zero-order valence-corrected chi connectivity index (χ0v) is 22.4. The summed E-state index contributed by atoms with van der Waals surface area (Å²) in [5, 5.41) is 4.39. The van der Waals surface area contributed by atoms with Gasteiger partial charge in [-0.15, -0.1) is 0 Å². The lowest BCUT2D eigenvalue weighted by atomic mass is 10.1. The third kappa shape index (κ3) is 5.07. The average Bonchev–Trinajstić information content (AvgIpc) is 2.99. The molecule has 5 heteroatoms. The van der Waals surface area contributed by atoms with Crippen molar-refractivity contribution in [2.75, 3.05) is 0 Å². The second-order valence-electron chi connectivity index (χ2n) is 9.19. The van der Waals surface area contributed by atoms with E-state index in [0.717, 1.165) is 16.9 Å². The van der Waals surface area contributed by atoms with Crippen LogP contribution in [-0.2, 0) is 0 Å². The van der Waals surface area contributed by atoms with Gasteiger partial charge in [-0.05, 0) is 84.9 Å². The Morgan fingerprint density at radius 3 is 2.03 bits per heavy atom. The van der Waals surface area contributed by atoms with Gasteiger partial charge in [-0.2, -0.15) is 0 Å². The Hall–Kier alpha value is -4.66. The maximum Gasteiger partial charge on any atom is 0.266 e. The second kappa shape index (κ2) is 11.0. The molecular weight excluding hydrogens is 497 g/mol. The molecular formula is C34H26N3OP. The molecule has 0 N–H and O–H groups in total. The molecule has 0 radical (unpaired) electrons. The first-order valence-electron chi connectivity index (χ1n) is 12.8. The fourth-order valence-electron chi connectivity index (χ4n) is 4.76. The van der Waals surface area contributed by atoms with Gasteiger partial charge in [-0.3, -0.25) is 14.3 Å². The van der Waals surface area contributed by atoms with Gasteiger partial charge in [0.05, 0.1) is 22.3 Å². The number of nitrogens with zero attached hydrogens (tertiary/aromatic N) is 3. The smallest absolute Gasteiger partial charge is 0.266 e. The molecule has 0 spiro atoms. The van der Waals surface area contributed by atoms with E-state index >= 15 is 0 Å². The van der Waals surface area contributed by atoms with Crippen LogP contribution in [0.25, 0.3) is 28.7 Å². The lowest BCUT2D eigenvalue weighted by Crippen LogP contribution is -2.25. The lowest BCUT2D eigenvalue weighted by Gasteiger charge is -2.21. The number of hydrogen-bond donors (Lipinski definition) is 0. The van der Waals surface area contributed by atoms with E-state index in [2.05, 4.69) is 90.8 Å². The first-order valence-corrected chi connectivity index (χ1v) is 14.2. The minimum atomic E-state index is -0.749. The first-order chi connectivity index (χ1) is 19.2. The van der Waals surface area contributed by atoms with Gasteiger partial charge in [-0.25, -0.2) is 4.98 Å². The van der Waals surface area contributed by atoms with Crippen molar-refractivity contribution in [2.24, 2.45) is 0 Å². The van der Waals surface area contributed by atoms with Crippen molar-refractivity contribution in [3.63, 3.8) is 0 Å². The molecule has 0 atom stereocenters. The van der Waals surface area contributed by atoms with Gasteiger partial charge < -0.3 is 0 Å². The van der Waals surface area contributed by atoms with Gasteiger partial charge in [0.25, 0.3) is 5.56 Å². The Labute approximate surface area is 228 Å². The SMILES string of the molecule is Cc1cc(P(c2ccccc2)c2ccccc2)ccc1-n1c(/C=C/c2ccccn2)nc2ccccc2c1=O. The van der Waals surface area contributed by atoms with E-state index in [4.69, 9.17) is 4.98 Å². The molecule has 0 bridgehead atoms. The maximum absolute atomic E-state index is 13.9. The quantitative estimate of drug-likeness (QED) is 0.251. The molecule has 0 fully saturated rings. The van der Waals surface area contributed by atoms with Crippen molar-refractivity contribution in [2.45, 2.75) is 6.92 Å². The molecule has 4 aromatic carbocycles. The highest BCUT2D eigenvalue weighted by Gasteiger charge is 2.19. The first kappa shape index (κ1) is 24.7. The topological polar surface area (TPSA) is 47.8 Å². The minimum absolute atomic E-state index is 0.0921. The lowest BCUT2D eigenvalue weighted by molar-refractivity contribution is 0.935. The predicted molar refractivity (Wildman–Crippen MR) is 164 cm³/mol. The van der Waals surface area contributed by atoms with Crippen molar-refractivity contribution >= 4 is 46.9 Å². The van der Waals surface area contributed by atoms with E-state index in [9.17, 15) is 4.79 Å². The summed E-state index contributed by atoms with van der Waals surface area (Å²) in [6, 6.07) is 40.9. The molecule has 2 heterocycles. The average molecular weight is 524 g/mol. The van der Waals surface area contributed by atoms with Crippen molar-refractivity contribution < 1.29 is 0 Å². The number of hydrogen-bond acceptors (Lipinski definition) is 3. The van der Waals surface area contributed by atoms with Gasteiger partial charge in [0.15, 0.2) is 0 Å². The number of para-hydroxylation sites is 1. The Kier molecular flexibility index (Phi) is 6.95. The molecule has 4 nitrogen and oxygen atoms in total. The molecule has 0 amide bonds. The number of benzene rings is 4. The van der Waals surface area contributed by atoms with Crippen molar-refractivity contribution in [3.8, 4) is 5.69 Å². The van der Waals surface area contributed by atoms with E-state index in [1.165, 1.54) is 15.9 Å². The Morgan fingerprint density at radius 2 is 1.36 bits per heavy atom. The molecule has 6 rings (SSSR count). The summed E-state index contributed by atoms with van der Waals surface area (Å²) in [6.45, 7) is 2.07. The summed E-state index contributed by atoms with van der Waals surface area (Å²) in [5.41, 5.74) is 3.21. The standard InChI is InChI=1S/C34H26N3OP/c1-25-24-29(39(27-13-4-2-5-14-27)28-15-6-3-7-16-28)20-21-32(25)37-33(22-19-26-12-10-11-23-35-26)36-31-18-9-8-17-30(31)34(37)38/h2-24H,1H3/b22-19+. The van der Waals surface area contributed by atoms with Crippen molar-refractivity contribution in [3.05, 3.63) is 155 Å². The fraction of sp³-hybridized carbons (Fsp3) is 0.0294. The highest BCUT2D eigenvalue weighted by atomic mass is 31.1. The van der Waals surface area contributed by atoms with E-state index in [-0.39, 0.29) is 5.56 Å². The van der Waals surface area contributed by atoms with E-state index in [1.54, 1.807) is 10.8 Å². The monoisotopic (exact) mass is 523 g/mol. The van der Waals surface area contributed by atoms with Crippen LogP contribution in [-0.4, -0.2) is 14.5 Å². The molecule has 0 unspecified atom stereocenters. The molecule has 6 aromatic rings. The number of rotatable bonds is 6. The number of fused-ring (bicyclic) bond motifs is 1. The Bertz CT molecular complexity index is 1790. The van der Waals surface area contributed by atoms with Crippen molar-refractivity contribution in [1.82, 2.24) is 14.5 Å². The summed E-state index contributed by atoms with van der Waals surface area (Å²) in [6.07, 6.45) is 5.51. The van der Waals surface area contributed by atoms with Crippen LogP contribution in [0.1, 0.15) is 17.1 Å². The third-order valence-corrected chi connectivity index (χ3v) is 9.02. The highest BCUT2D eigenvalue weighted by molar-refractivity contribution is 7.79. The zero-order chi connectivity index (χ0) is 26.6. The van der Waals surface area contributed by atoms with Crippen LogP contribution in [0.3, 0.4) is 0 Å².